The zero-order valence-corrected chi connectivity index (χ0v) is 10.7. The van der Waals surface area contributed by atoms with Crippen molar-refractivity contribution >= 4 is 5.82 Å². The standard InChI is InChI=1S/C13H20N4/c1-3-17-9-7-13(17)6-8-16(10-13)12-5-4-11(2)14-15-12/h4-5H,3,6-10H2,1-2H3. The highest BCUT2D eigenvalue weighted by atomic mass is 15.4. The van der Waals surface area contributed by atoms with Crippen LogP contribution >= 0.6 is 0 Å². The van der Waals surface area contributed by atoms with Gasteiger partial charge in [-0.2, -0.15) is 5.10 Å². The van der Waals surface area contributed by atoms with E-state index in [0.29, 0.717) is 5.54 Å². The third kappa shape index (κ3) is 1.71. The van der Waals surface area contributed by atoms with Gasteiger partial charge in [-0.3, -0.25) is 4.90 Å². The van der Waals surface area contributed by atoms with Crippen LogP contribution in [0.15, 0.2) is 12.1 Å². The largest absolute Gasteiger partial charge is 0.353 e. The maximum absolute atomic E-state index is 4.29. The van der Waals surface area contributed by atoms with E-state index in [4.69, 9.17) is 0 Å². The minimum Gasteiger partial charge on any atom is -0.353 e. The molecule has 4 nitrogen and oxygen atoms in total. The van der Waals surface area contributed by atoms with Crippen LogP contribution in [0.3, 0.4) is 0 Å². The summed E-state index contributed by atoms with van der Waals surface area (Å²) in [4.78, 5) is 4.99. The van der Waals surface area contributed by atoms with Gasteiger partial charge in [0.1, 0.15) is 0 Å². The van der Waals surface area contributed by atoms with Crippen LogP contribution in [0.2, 0.25) is 0 Å². The van der Waals surface area contributed by atoms with E-state index in [1.165, 1.54) is 25.9 Å². The number of hydrogen-bond donors (Lipinski definition) is 0. The molecular weight excluding hydrogens is 212 g/mol. The molecule has 92 valence electrons. The third-order valence-electron chi connectivity index (χ3n) is 4.34. The van der Waals surface area contributed by atoms with Gasteiger partial charge < -0.3 is 4.90 Å². The second-order valence-corrected chi connectivity index (χ2v) is 5.26. The highest BCUT2D eigenvalue weighted by Crippen LogP contribution is 2.39. The SMILES string of the molecule is CCN1CCC12CCN(c1ccc(C)nn1)C2. The maximum Gasteiger partial charge on any atom is 0.151 e. The lowest BCUT2D eigenvalue weighted by molar-refractivity contribution is 0.00850. The van der Waals surface area contributed by atoms with Crippen molar-refractivity contribution in [2.24, 2.45) is 0 Å². The van der Waals surface area contributed by atoms with Crippen LogP contribution in [-0.4, -0.2) is 46.8 Å². The molecular formula is C13H20N4. The Hall–Kier alpha value is -1.16. The number of likely N-dealkylation sites (tertiary alicyclic amines) is 1. The predicted octanol–water partition coefficient (Wildman–Crippen LogP) is 1.46. The van der Waals surface area contributed by atoms with Crippen molar-refractivity contribution < 1.29 is 0 Å². The van der Waals surface area contributed by atoms with Crippen LogP contribution in [0.1, 0.15) is 25.5 Å². The molecule has 1 unspecified atom stereocenters. The van der Waals surface area contributed by atoms with Gasteiger partial charge in [-0.15, -0.1) is 5.10 Å². The molecule has 2 fully saturated rings. The molecule has 3 rings (SSSR count). The van der Waals surface area contributed by atoms with Crippen molar-refractivity contribution in [3.8, 4) is 0 Å². The molecule has 0 aliphatic carbocycles. The Labute approximate surface area is 103 Å². The fourth-order valence-corrected chi connectivity index (χ4v) is 3.15. The van der Waals surface area contributed by atoms with E-state index in [9.17, 15) is 0 Å². The fourth-order valence-electron chi connectivity index (χ4n) is 3.15. The van der Waals surface area contributed by atoms with Crippen molar-refractivity contribution in [3.05, 3.63) is 17.8 Å². The van der Waals surface area contributed by atoms with Crippen molar-refractivity contribution in [3.63, 3.8) is 0 Å². The summed E-state index contributed by atoms with van der Waals surface area (Å²) < 4.78 is 0. The first-order valence-electron chi connectivity index (χ1n) is 6.54. The Morgan fingerprint density at radius 2 is 2.06 bits per heavy atom. The first-order chi connectivity index (χ1) is 8.23. The lowest BCUT2D eigenvalue weighted by Crippen LogP contribution is -2.61. The summed E-state index contributed by atoms with van der Waals surface area (Å²) in [6.45, 7) is 8.92. The topological polar surface area (TPSA) is 32.3 Å². The molecule has 2 aliphatic heterocycles. The Balaban J connectivity index is 1.74. The van der Waals surface area contributed by atoms with E-state index in [1.807, 2.05) is 13.0 Å². The summed E-state index contributed by atoms with van der Waals surface area (Å²) in [6.07, 6.45) is 2.62. The third-order valence-corrected chi connectivity index (χ3v) is 4.34. The Morgan fingerprint density at radius 1 is 1.24 bits per heavy atom. The van der Waals surface area contributed by atoms with Crippen molar-refractivity contribution in [2.45, 2.75) is 32.2 Å². The normalized spacial score (nSPS) is 28.7. The summed E-state index contributed by atoms with van der Waals surface area (Å²) in [6, 6.07) is 4.14. The van der Waals surface area contributed by atoms with Gasteiger partial charge in [0.15, 0.2) is 5.82 Å². The van der Waals surface area contributed by atoms with Gasteiger partial charge in [0.25, 0.3) is 0 Å². The second kappa shape index (κ2) is 3.95. The lowest BCUT2D eigenvalue weighted by atomic mass is 9.84. The minimum absolute atomic E-state index is 0.446. The van der Waals surface area contributed by atoms with Crippen LogP contribution in [0.5, 0.6) is 0 Å². The molecule has 0 aromatic carbocycles. The fraction of sp³-hybridized carbons (Fsp3) is 0.692. The van der Waals surface area contributed by atoms with Gasteiger partial charge in [-0.25, -0.2) is 0 Å². The van der Waals surface area contributed by atoms with E-state index in [2.05, 4.69) is 33.0 Å². The van der Waals surface area contributed by atoms with Crippen molar-refractivity contribution in [2.75, 3.05) is 31.1 Å². The molecule has 0 bridgehead atoms. The van der Waals surface area contributed by atoms with E-state index in [-0.39, 0.29) is 0 Å². The van der Waals surface area contributed by atoms with Crippen LogP contribution in [0.25, 0.3) is 0 Å². The van der Waals surface area contributed by atoms with E-state index in [0.717, 1.165) is 24.6 Å². The number of likely N-dealkylation sites (N-methyl/N-ethyl adjacent to an activating group) is 1. The molecule has 2 saturated heterocycles. The van der Waals surface area contributed by atoms with Gasteiger partial charge in [0, 0.05) is 25.2 Å². The summed E-state index contributed by atoms with van der Waals surface area (Å²) in [5, 5.41) is 8.44. The Kier molecular flexibility index (Phi) is 2.54. The molecule has 3 heterocycles. The summed E-state index contributed by atoms with van der Waals surface area (Å²) in [5.41, 5.74) is 1.43. The highest BCUT2D eigenvalue weighted by molar-refractivity contribution is 5.40. The summed E-state index contributed by atoms with van der Waals surface area (Å²) in [7, 11) is 0. The molecule has 0 amide bonds. The molecule has 1 spiro atoms. The van der Waals surface area contributed by atoms with Gasteiger partial charge in [0.2, 0.25) is 0 Å². The van der Waals surface area contributed by atoms with Crippen LogP contribution < -0.4 is 4.90 Å². The monoisotopic (exact) mass is 232 g/mol. The molecule has 1 aromatic rings. The van der Waals surface area contributed by atoms with Gasteiger partial charge >= 0.3 is 0 Å². The number of aromatic nitrogens is 2. The molecule has 17 heavy (non-hydrogen) atoms. The highest BCUT2D eigenvalue weighted by Gasteiger charge is 2.48. The van der Waals surface area contributed by atoms with E-state index in [1.54, 1.807) is 0 Å². The number of aryl methyl sites for hydroxylation is 1. The first kappa shape index (κ1) is 11.0. The van der Waals surface area contributed by atoms with Crippen LogP contribution in [0, 0.1) is 6.92 Å². The molecule has 0 N–H and O–H groups in total. The molecule has 1 atom stereocenters. The number of rotatable bonds is 2. The molecule has 4 heteroatoms. The number of hydrogen-bond acceptors (Lipinski definition) is 4. The smallest absolute Gasteiger partial charge is 0.151 e. The predicted molar refractivity (Wildman–Crippen MR) is 68.2 cm³/mol. The van der Waals surface area contributed by atoms with Gasteiger partial charge in [-0.1, -0.05) is 6.92 Å². The number of anilines is 1. The molecule has 2 aliphatic rings. The Morgan fingerprint density at radius 3 is 2.65 bits per heavy atom. The van der Waals surface area contributed by atoms with Crippen molar-refractivity contribution in [1.82, 2.24) is 15.1 Å². The maximum atomic E-state index is 4.29. The van der Waals surface area contributed by atoms with E-state index >= 15 is 0 Å². The molecule has 1 aromatic heterocycles. The van der Waals surface area contributed by atoms with Gasteiger partial charge in [-0.05, 0) is 38.4 Å². The Bertz CT molecular complexity index is 400. The van der Waals surface area contributed by atoms with Crippen LogP contribution in [-0.2, 0) is 0 Å². The molecule has 0 radical (unpaired) electrons. The minimum atomic E-state index is 0.446. The van der Waals surface area contributed by atoms with Gasteiger partial charge in [0.05, 0.1) is 5.69 Å². The van der Waals surface area contributed by atoms with Crippen LogP contribution in [0.4, 0.5) is 5.82 Å². The average Bonchev–Trinajstić information content (AvgIpc) is 2.76. The zero-order chi connectivity index (χ0) is 11.9. The quantitative estimate of drug-likeness (QED) is 0.772. The summed E-state index contributed by atoms with van der Waals surface area (Å²) in [5.74, 6) is 1.04. The number of nitrogens with zero attached hydrogens (tertiary/aromatic N) is 4. The van der Waals surface area contributed by atoms with Crippen molar-refractivity contribution in [1.29, 1.82) is 0 Å². The lowest BCUT2D eigenvalue weighted by Gasteiger charge is -2.50. The zero-order valence-electron chi connectivity index (χ0n) is 10.7. The molecule has 0 saturated carbocycles. The second-order valence-electron chi connectivity index (χ2n) is 5.26. The van der Waals surface area contributed by atoms with E-state index < -0.39 is 0 Å². The average molecular weight is 232 g/mol. The summed E-state index contributed by atoms with van der Waals surface area (Å²) >= 11 is 0. The first-order valence-corrected chi connectivity index (χ1v) is 6.54.